The zero-order valence-corrected chi connectivity index (χ0v) is 18.5. The number of fused-ring (bicyclic) bond motifs is 2. The molecule has 0 aliphatic heterocycles. The number of ketones is 1. The van der Waals surface area contributed by atoms with Crippen molar-refractivity contribution < 1.29 is 53.4 Å². The molecule has 3 aromatic carbocycles. The van der Waals surface area contributed by atoms with E-state index in [0.717, 1.165) is 36.4 Å². The minimum Gasteiger partial charge on any atom is -0.448 e. The van der Waals surface area contributed by atoms with Gasteiger partial charge in [-0.15, -0.1) is 0 Å². The molecule has 0 spiro atoms. The topological polar surface area (TPSA) is 26.3 Å². The van der Waals surface area contributed by atoms with Crippen LogP contribution in [0.2, 0.25) is 0 Å². The Labute approximate surface area is 207 Å². The second-order valence-corrected chi connectivity index (χ2v) is 8.71. The molecule has 3 aliphatic carbocycles. The summed E-state index contributed by atoms with van der Waals surface area (Å²) in [7, 11) is 0. The Balaban J connectivity index is 1.83. The van der Waals surface area contributed by atoms with Crippen LogP contribution in [0.15, 0.2) is 72.2 Å². The van der Waals surface area contributed by atoms with E-state index >= 15 is 22.0 Å². The smallest absolute Gasteiger partial charge is 0.242 e. The molecule has 0 radical (unpaired) electrons. The molecule has 5 atom stereocenters. The molecule has 38 heavy (non-hydrogen) atoms. The number of benzene rings is 3. The molecule has 198 valence electrons. The third-order valence-electron chi connectivity index (χ3n) is 6.80. The highest BCUT2D eigenvalue weighted by Crippen LogP contribution is 2.67. The molecule has 2 bridgehead atoms. The molecule has 0 saturated heterocycles. The van der Waals surface area contributed by atoms with Crippen LogP contribution in [0.1, 0.15) is 17.0 Å². The summed E-state index contributed by atoms with van der Waals surface area (Å²) in [5.74, 6) is -25.8. The predicted octanol–water partition coefficient (Wildman–Crippen LogP) is 6.94. The van der Waals surface area contributed by atoms with E-state index in [1.807, 2.05) is 0 Å². The van der Waals surface area contributed by atoms with E-state index in [1.165, 1.54) is 24.3 Å². The number of rotatable bonds is 4. The highest BCUT2D eigenvalue weighted by molar-refractivity contribution is 6.04. The summed E-state index contributed by atoms with van der Waals surface area (Å²) in [5, 5.41) is 0. The third-order valence-corrected chi connectivity index (χ3v) is 6.80. The van der Waals surface area contributed by atoms with Crippen LogP contribution in [0.3, 0.4) is 0 Å². The summed E-state index contributed by atoms with van der Waals surface area (Å²) in [6, 6.07) is 10.6. The molecule has 3 aromatic rings. The number of alkyl halides is 4. The number of hydrogen-bond acceptors (Lipinski definition) is 2. The molecular formula is C26H12F10O2. The summed E-state index contributed by atoms with van der Waals surface area (Å²) in [6.45, 7) is 0. The molecule has 12 heteroatoms. The van der Waals surface area contributed by atoms with Crippen molar-refractivity contribution in [1.29, 1.82) is 0 Å². The third kappa shape index (κ3) is 2.94. The van der Waals surface area contributed by atoms with Crippen LogP contribution in [0.4, 0.5) is 43.9 Å². The van der Waals surface area contributed by atoms with Gasteiger partial charge in [-0.25, -0.2) is 35.1 Å². The summed E-state index contributed by atoms with van der Waals surface area (Å²) < 4.78 is 155. The van der Waals surface area contributed by atoms with Gasteiger partial charge in [-0.3, -0.25) is 4.79 Å². The first-order valence-corrected chi connectivity index (χ1v) is 10.8. The predicted molar refractivity (Wildman–Crippen MR) is 111 cm³/mol. The molecule has 2 nitrogen and oxygen atoms in total. The van der Waals surface area contributed by atoms with Gasteiger partial charge in [-0.2, -0.15) is 8.78 Å². The van der Waals surface area contributed by atoms with Gasteiger partial charge in [0.15, 0.2) is 17.8 Å². The lowest BCUT2D eigenvalue weighted by Gasteiger charge is -2.55. The van der Waals surface area contributed by atoms with Gasteiger partial charge < -0.3 is 4.74 Å². The first-order valence-electron chi connectivity index (χ1n) is 10.8. The highest BCUT2D eigenvalue weighted by Gasteiger charge is 2.85. The van der Waals surface area contributed by atoms with Gasteiger partial charge in [-0.05, 0) is 5.56 Å². The number of hydrogen-bond donors (Lipinski definition) is 0. The fourth-order valence-electron chi connectivity index (χ4n) is 4.98. The van der Waals surface area contributed by atoms with Crippen molar-refractivity contribution in [3.05, 3.63) is 112 Å². The zero-order valence-electron chi connectivity index (χ0n) is 18.5. The number of carbonyl (C=O) groups excluding carboxylic acids is 1. The van der Waals surface area contributed by atoms with Gasteiger partial charge in [-0.1, -0.05) is 60.7 Å². The van der Waals surface area contributed by atoms with Gasteiger partial charge in [0, 0.05) is 5.56 Å². The van der Waals surface area contributed by atoms with E-state index in [2.05, 4.69) is 4.74 Å². The molecule has 0 amide bonds. The Kier molecular flexibility index (Phi) is 5.66. The standard InChI is InChI=1S/C26H12F10O2/c27-14-15(28)17(30)19(18(31)16(14)29)38-22-21(33)26(36)20(32)13(11-7-3-1-4-8-11)24(22,34)23(37)25(26,35)12-9-5-2-6-10-12/h1-10,13,20H/t13-,20-,24+,25-,26-/m1/s1. The Morgan fingerprint density at radius 2 is 1.16 bits per heavy atom. The average molecular weight is 546 g/mol. The zero-order chi connectivity index (χ0) is 27.8. The number of carbonyl (C=O) groups is 1. The van der Waals surface area contributed by atoms with E-state index in [9.17, 15) is 26.7 Å². The van der Waals surface area contributed by atoms with Crippen molar-refractivity contribution in [3.8, 4) is 5.75 Å². The molecule has 0 unspecified atom stereocenters. The molecule has 1 fully saturated rings. The highest BCUT2D eigenvalue weighted by atomic mass is 19.2. The fraction of sp³-hybridized carbons (Fsp3) is 0.192. The van der Waals surface area contributed by atoms with E-state index < -0.39 is 92.4 Å². The Hall–Kier alpha value is -3.83. The van der Waals surface area contributed by atoms with Gasteiger partial charge in [0.05, 0.1) is 5.92 Å². The monoisotopic (exact) mass is 546 g/mol. The Morgan fingerprint density at radius 3 is 1.68 bits per heavy atom. The van der Waals surface area contributed by atoms with Gasteiger partial charge >= 0.3 is 0 Å². The van der Waals surface area contributed by atoms with Crippen molar-refractivity contribution in [1.82, 2.24) is 0 Å². The molecule has 0 aromatic heterocycles. The van der Waals surface area contributed by atoms with Crippen LogP contribution in [0.25, 0.3) is 0 Å². The van der Waals surface area contributed by atoms with E-state index in [-0.39, 0.29) is 0 Å². The molecule has 1 saturated carbocycles. The number of allylic oxidation sites excluding steroid dienone is 2. The largest absolute Gasteiger partial charge is 0.448 e. The SMILES string of the molecule is O=C1[C@@]2(F)C(Oc3c(F)c(F)c(F)c(F)c3F)=C(F)[C@](F)([C@H](F)[C@H]2c2ccccc2)[C@@]1(F)c1ccccc1. The van der Waals surface area contributed by atoms with Gasteiger partial charge in [0.1, 0.15) is 0 Å². The van der Waals surface area contributed by atoms with Crippen LogP contribution >= 0.6 is 0 Å². The van der Waals surface area contributed by atoms with E-state index in [0.29, 0.717) is 0 Å². The maximum atomic E-state index is 16.9. The lowest BCUT2D eigenvalue weighted by molar-refractivity contribution is -0.194. The average Bonchev–Trinajstić information content (AvgIpc) is 2.93. The van der Waals surface area contributed by atoms with E-state index in [1.54, 1.807) is 0 Å². The molecule has 3 aliphatic rings. The first-order chi connectivity index (χ1) is 17.8. The number of Topliss-reactive ketones (excluding diaryl/α,β-unsaturated/α-hetero) is 1. The van der Waals surface area contributed by atoms with Crippen molar-refractivity contribution >= 4 is 5.78 Å². The molecule has 6 rings (SSSR count). The summed E-state index contributed by atoms with van der Waals surface area (Å²) in [5.41, 5.74) is -14.9. The van der Waals surface area contributed by atoms with Gasteiger partial charge in [0.2, 0.25) is 57.6 Å². The number of ether oxygens (including phenoxy) is 1. The van der Waals surface area contributed by atoms with Crippen LogP contribution in [-0.2, 0) is 10.5 Å². The number of halogens is 10. The fourth-order valence-corrected chi connectivity index (χ4v) is 4.98. The minimum absolute atomic E-state index is 0.515. The first kappa shape index (κ1) is 25.8. The van der Waals surface area contributed by atoms with Crippen LogP contribution in [0.5, 0.6) is 5.75 Å². The van der Waals surface area contributed by atoms with Crippen molar-refractivity contribution in [2.24, 2.45) is 0 Å². The Bertz CT molecular complexity index is 1470. The molecular weight excluding hydrogens is 534 g/mol. The molecule has 0 N–H and O–H groups in total. The van der Waals surface area contributed by atoms with Gasteiger partial charge in [0.25, 0.3) is 0 Å². The summed E-state index contributed by atoms with van der Waals surface area (Å²) in [6.07, 6.45) is -3.47. The van der Waals surface area contributed by atoms with E-state index in [4.69, 9.17) is 0 Å². The maximum Gasteiger partial charge on any atom is 0.242 e. The minimum atomic E-state index is -4.68. The summed E-state index contributed by atoms with van der Waals surface area (Å²) >= 11 is 0. The second-order valence-electron chi connectivity index (χ2n) is 8.71. The van der Waals surface area contributed by atoms with Crippen LogP contribution < -0.4 is 4.74 Å². The normalized spacial score (nSPS) is 30.6. The van der Waals surface area contributed by atoms with Crippen LogP contribution in [0, 0.1) is 29.1 Å². The van der Waals surface area contributed by atoms with Crippen molar-refractivity contribution in [2.45, 2.75) is 29.1 Å². The Morgan fingerprint density at radius 1 is 0.684 bits per heavy atom. The lowest BCUT2D eigenvalue weighted by Crippen LogP contribution is -2.75. The van der Waals surface area contributed by atoms with Crippen LogP contribution in [-0.4, -0.2) is 23.3 Å². The maximum absolute atomic E-state index is 16.9. The van der Waals surface area contributed by atoms with Crippen molar-refractivity contribution in [3.63, 3.8) is 0 Å². The second kappa shape index (κ2) is 8.34. The molecule has 0 heterocycles. The summed E-state index contributed by atoms with van der Waals surface area (Å²) in [4.78, 5) is 13.4. The quantitative estimate of drug-likeness (QED) is 0.201. The van der Waals surface area contributed by atoms with Crippen molar-refractivity contribution in [2.75, 3.05) is 0 Å². The lowest BCUT2D eigenvalue weighted by atomic mass is 9.52.